The van der Waals surface area contributed by atoms with E-state index in [4.69, 9.17) is 0 Å². The molecule has 0 fully saturated rings. The third-order valence-corrected chi connectivity index (χ3v) is 1.75. The minimum Gasteiger partial charge on any atom is -1.00 e. The first-order chi connectivity index (χ1) is 6.38. The van der Waals surface area contributed by atoms with Gasteiger partial charge in [0.05, 0.1) is 0 Å². The molecule has 0 aliphatic rings. The summed E-state index contributed by atoms with van der Waals surface area (Å²) in [5, 5.41) is 2.66. The summed E-state index contributed by atoms with van der Waals surface area (Å²) in [5.74, 6) is 0. The van der Waals surface area contributed by atoms with Crippen LogP contribution in [0.15, 0.2) is 42.5 Å². The molecule has 0 saturated heterocycles. The fourth-order valence-electron chi connectivity index (χ4n) is 1.07. The predicted octanol–water partition coefficient (Wildman–Crippen LogP) is -5.96. The van der Waals surface area contributed by atoms with Gasteiger partial charge < -0.3 is 48.9 Å². The van der Waals surface area contributed by atoms with E-state index in [2.05, 4.69) is 54.1 Å². The molecule has 0 spiro atoms. The van der Waals surface area contributed by atoms with Gasteiger partial charge in [0.1, 0.15) is 0 Å². The van der Waals surface area contributed by atoms with E-state index in [1.807, 2.05) is 0 Å². The van der Waals surface area contributed by atoms with E-state index in [0.29, 0.717) is 6.61 Å². The van der Waals surface area contributed by atoms with Crippen LogP contribution in [0.2, 0.25) is 0 Å². The molecule has 0 bridgehead atoms. The normalized spacial score (nSPS) is 7.18. The van der Waals surface area contributed by atoms with Crippen LogP contribution in [-0.4, -0.2) is 13.7 Å². The van der Waals surface area contributed by atoms with E-state index in [0.717, 1.165) is 0 Å². The molecule has 17 heavy (non-hydrogen) atoms. The Labute approximate surface area is 141 Å². The number of benzene rings is 1. The Hall–Kier alpha value is 0.530. The molecule has 0 heterocycles. The standard InChI is InChI=1S/C9H7.C3H7O.3ClH.Hf/c1-2-5-9-7-3-6-8(9)4-1;1-3-4-2;;;;/h1-7H;1,3H2,2H3;3*1H;/q2*-1;;;;/p-3. The number of hydrogen-bond acceptors (Lipinski definition) is 1. The second kappa shape index (κ2) is 16.5. The summed E-state index contributed by atoms with van der Waals surface area (Å²) in [6, 6.07) is 14.7. The van der Waals surface area contributed by atoms with Crippen molar-refractivity contribution in [2.75, 3.05) is 13.7 Å². The molecule has 0 unspecified atom stereocenters. The summed E-state index contributed by atoms with van der Waals surface area (Å²) >= 11 is 0. The average molecular weight is 459 g/mol. The van der Waals surface area contributed by atoms with Gasteiger partial charge in [-0.1, -0.05) is 12.7 Å². The van der Waals surface area contributed by atoms with Crippen LogP contribution in [0.1, 0.15) is 0 Å². The van der Waals surface area contributed by atoms with Gasteiger partial charge in [-0.3, -0.25) is 0 Å². The van der Waals surface area contributed by atoms with Gasteiger partial charge in [-0.25, -0.2) is 0 Å². The van der Waals surface area contributed by atoms with Crippen molar-refractivity contribution in [3.63, 3.8) is 0 Å². The molecule has 0 aliphatic heterocycles. The van der Waals surface area contributed by atoms with Crippen molar-refractivity contribution < 1.29 is 67.8 Å². The SMILES string of the molecule is [CH2-]COC.[Cl-].[Cl-].[Cl-].[Hf].c1ccc2[cH-]ccc2c1. The number of fused-ring (bicyclic) bond motifs is 1. The van der Waals surface area contributed by atoms with Gasteiger partial charge in [-0.05, 0) is 0 Å². The van der Waals surface area contributed by atoms with Crippen molar-refractivity contribution in [2.45, 2.75) is 0 Å². The molecule has 5 heteroatoms. The van der Waals surface area contributed by atoms with Gasteiger partial charge in [0.25, 0.3) is 0 Å². The van der Waals surface area contributed by atoms with Crippen molar-refractivity contribution in [2.24, 2.45) is 0 Å². The van der Waals surface area contributed by atoms with Crippen LogP contribution in [0.3, 0.4) is 0 Å². The zero-order chi connectivity index (χ0) is 9.52. The van der Waals surface area contributed by atoms with Crippen LogP contribution >= 0.6 is 0 Å². The fourth-order valence-corrected chi connectivity index (χ4v) is 1.07. The number of rotatable bonds is 1. The Kier molecular flexibility index (Phi) is 25.4. The molecule has 2 aromatic rings. The van der Waals surface area contributed by atoms with Crippen LogP contribution in [0.25, 0.3) is 10.8 Å². The molecule has 0 saturated carbocycles. The van der Waals surface area contributed by atoms with Crippen LogP contribution in [-0.2, 0) is 30.6 Å². The fraction of sp³-hybridized carbons (Fsp3) is 0.167. The van der Waals surface area contributed by atoms with E-state index >= 15 is 0 Å². The van der Waals surface area contributed by atoms with E-state index in [-0.39, 0.29) is 63.1 Å². The molecule has 1 nitrogen and oxygen atoms in total. The van der Waals surface area contributed by atoms with E-state index in [1.165, 1.54) is 10.8 Å². The average Bonchev–Trinajstić information content (AvgIpc) is 2.66. The van der Waals surface area contributed by atoms with Crippen molar-refractivity contribution in [3.05, 3.63) is 49.4 Å². The Morgan fingerprint density at radius 1 is 1.12 bits per heavy atom. The largest absolute Gasteiger partial charge is 1.00 e. The van der Waals surface area contributed by atoms with E-state index in [1.54, 1.807) is 7.11 Å². The quantitative estimate of drug-likeness (QED) is 0.305. The van der Waals surface area contributed by atoms with Crippen molar-refractivity contribution in [1.82, 2.24) is 0 Å². The number of methoxy groups -OCH3 is 1. The van der Waals surface area contributed by atoms with Gasteiger partial charge in [-0.15, -0.1) is 29.7 Å². The van der Waals surface area contributed by atoms with E-state index < -0.39 is 0 Å². The van der Waals surface area contributed by atoms with Crippen molar-refractivity contribution >= 4 is 10.8 Å². The van der Waals surface area contributed by atoms with Crippen LogP contribution < -0.4 is 37.2 Å². The Morgan fingerprint density at radius 3 is 2.12 bits per heavy atom. The molecule has 2 rings (SSSR count). The summed E-state index contributed by atoms with van der Waals surface area (Å²) in [6.45, 7) is 3.95. The Morgan fingerprint density at radius 2 is 1.65 bits per heavy atom. The first kappa shape index (κ1) is 26.2. The summed E-state index contributed by atoms with van der Waals surface area (Å²) < 4.78 is 4.43. The van der Waals surface area contributed by atoms with Crippen LogP contribution in [0.5, 0.6) is 0 Å². The third kappa shape index (κ3) is 10.2. The Balaban J connectivity index is -0.0000000962. The summed E-state index contributed by atoms with van der Waals surface area (Å²) in [7, 11) is 1.62. The Bertz CT molecular complexity index is 320. The maximum Gasteiger partial charge on any atom is 0.0319 e. The minimum atomic E-state index is 0. The van der Waals surface area contributed by atoms with E-state index in [9.17, 15) is 0 Å². The molecule has 0 aliphatic carbocycles. The topological polar surface area (TPSA) is 9.23 Å². The maximum absolute atomic E-state index is 4.43. The number of hydrogen-bond donors (Lipinski definition) is 0. The zero-order valence-electron chi connectivity index (χ0n) is 9.50. The summed E-state index contributed by atoms with van der Waals surface area (Å²) in [4.78, 5) is 0. The molecule has 2 aromatic carbocycles. The minimum absolute atomic E-state index is 0. The van der Waals surface area contributed by atoms with Crippen molar-refractivity contribution in [1.29, 1.82) is 0 Å². The maximum atomic E-state index is 4.43. The van der Waals surface area contributed by atoms with Gasteiger partial charge >= 0.3 is 0 Å². The first-order valence-electron chi connectivity index (χ1n) is 4.27. The monoisotopic (exact) mass is 459 g/mol. The molecule has 98 valence electrons. The number of ether oxygens (including phenoxy) is 1. The first-order valence-corrected chi connectivity index (χ1v) is 4.27. The van der Waals surface area contributed by atoms with Gasteiger partial charge in [-0.2, -0.15) is 17.5 Å². The van der Waals surface area contributed by atoms with Crippen molar-refractivity contribution in [3.8, 4) is 0 Å². The third-order valence-electron chi connectivity index (χ3n) is 1.75. The molecule has 0 amide bonds. The number of halogens is 3. The predicted molar refractivity (Wildman–Crippen MR) is 56.8 cm³/mol. The van der Waals surface area contributed by atoms with Gasteiger partial charge in [0.2, 0.25) is 0 Å². The second-order valence-corrected chi connectivity index (χ2v) is 2.65. The molecule has 0 atom stereocenters. The summed E-state index contributed by atoms with van der Waals surface area (Å²) in [6.07, 6.45) is 0. The molecule has 0 radical (unpaired) electrons. The summed E-state index contributed by atoms with van der Waals surface area (Å²) in [5.41, 5.74) is 0. The van der Waals surface area contributed by atoms with Crippen LogP contribution in [0, 0.1) is 6.92 Å². The second-order valence-electron chi connectivity index (χ2n) is 2.65. The molecular weight excluding hydrogens is 445 g/mol. The van der Waals surface area contributed by atoms with Gasteiger partial charge in [0.15, 0.2) is 0 Å². The smallest absolute Gasteiger partial charge is 0.0319 e. The zero-order valence-corrected chi connectivity index (χ0v) is 15.4. The van der Waals surface area contributed by atoms with Gasteiger partial charge in [0, 0.05) is 33.0 Å². The van der Waals surface area contributed by atoms with Crippen LogP contribution in [0.4, 0.5) is 0 Å². The molecule has 0 aromatic heterocycles. The molecular formula is C12H14Cl3HfO-5. The molecule has 0 N–H and O–H groups in total.